The smallest absolute Gasteiger partial charge is 0.280 e. The summed E-state index contributed by atoms with van der Waals surface area (Å²) in [6.07, 6.45) is 4.92. The van der Waals surface area contributed by atoms with E-state index in [1.54, 1.807) is 18.3 Å². The van der Waals surface area contributed by atoms with Crippen LogP contribution in [-0.4, -0.2) is 20.7 Å². The Labute approximate surface area is 189 Å². The van der Waals surface area contributed by atoms with Crippen LogP contribution in [0.4, 0.5) is 5.69 Å². The predicted molar refractivity (Wildman–Crippen MR) is 130 cm³/mol. The van der Waals surface area contributed by atoms with Crippen LogP contribution >= 0.6 is 0 Å². The lowest BCUT2D eigenvalue weighted by atomic mass is 10.1. The van der Waals surface area contributed by atoms with E-state index in [1.807, 2.05) is 43.3 Å². The summed E-state index contributed by atoms with van der Waals surface area (Å²) in [6.45, 7) is 2.00. The fourth-order valence-corrected chi connectivity index (χ4v) is 4.63. The van der Waals surface area contributed by atoms with Crippen LogP contribution in [0.2, 0.25) is 0 Å². The van der Waals surface area contributed by atoms with Gasteiger partial charge in [-0.3, -0.25) is 19.7 Å². The minimum atomic E-state index is -0.188. The topological polar surface area (TPSA) is 79.8 Å². The summed E-state index contributed by atoms with van der Waals surface area (Å²) in [5, 5.41) is 7.45. The first-order valence-electron chi connectivity index (χ1n) is 11.1. The Bertz CT molecular complexity index is 1610. The van der Waals surface area contributed by atoms with Crippen molar-refractivity contribution >= 4 is 33.4 Å². The standard InChI is InChI=1S/C27H22N4O2/c1-16-5-10-21(11-6-16)31-27(33)23-15-28-24-12-8-19(14-22(24)25(23)30-31)26(32)29-20-9-7-17-3-2-4-18(17)13-20/h5-15,30H,2-4H2,1H3,(H,29,32). The van der Waals surface area contributed by atoms with Gasteiger partial charge in [0.15, 0.2) is 0 Å². The van der Waals surface area contributed by atoms with Gasteiger partial charge in [-0.15, -0.1) is 0 Å². The molecule has 3 aromatic carbocycles. The van der Waals surface area contributed by atoms with E-state index in [4.69, 9.17) is 0 Å². The molecule has 0 radical (unpaired) electrons. The molecule has 6 heteroatoms. The maximum Gasteiger partial charge on any atom is 0.280 e. The van der Waals surface area contributed by atoms with Crippen LogP contribution in [0, 0.1) is 6.92 Å². The number of pyridine rings is 1. The summed E-state index contributed by atoms with van der Waals surface area (Å²) in [6, 6.07) is 19.2. The largest absolute Gasteiger partial charge is 0.322 e. The van der Waals surface area contributed by atoms with E-state index in [2.05, 4.69) is 27.5 Å². The van der Waals surface area contributed by atoms with E-state index >= 15 is 0 Å². The Morgan fingerprint density at radius 2 is 1.79 bits per heavy atom. The van der Waals surface area contributed by atoms with Crippen molar-refractivity contribution in [3.05, 3.63) is 99.5 Å². The fraction of sp³-hybridized carbons (Fsp3) is 0.148. The van der Waals surface area contributed by atoms with Crippen molar-refractivity contribution in [3.63, 3.8) is 0 Å². The number of aromatic nitrogens is 3. The average molecular weight is 434 g/mol. The number of benzene rings is 3. The van der Waals surface area contributed by atoms with Crippen LogP contribution in [0.1, 0.15) is 33.5 Å². The lowest BCUT2D eigenvalue weighted by molar-refractivity contribution is 0.102. The molecule has 1 aliphatic rings. The second-order valence-electron chi connectivity index (χ2n) is 8.66. The van der Waals surface area contributed by atoms with Gasteiger partial charge >= 0.3 is 0 Å². The summed E-state index contributed by atoms with van der Waals surface area (Å²) in [5.74, 6) is -0.188. The van der Waals surface area contributed by atoms with Crippen molar-refractivity contribution in [3.8, 4) is 5.69 Å². The number of anilines is 1. The highest BCUT2D eigenvalue weighted by Crippen LogP contribution is 2.26. The van der Waals surface area contributed by atoms with Gasteiger partial charge in [0.25, 0.3) is 11.5 Å². The third kappa shape index (κ3) is 3.31. The number of H-pyrrole nitrogens is 1. The number of fused-ring (bicyclic) bond motifs is 4. The van der Waals surface area contributed by atoms with Gasteiger partial charge < -0.3 is 5.32 Å². The quantitative estimate of drug-likeness (QED) is 0.423. The third-order valence-corrected chi connectivity index (χ3v) is 6.44. The van der Waals surface area contributed by atoms with Crippen molar-refractivity contribution in [2.45, 2.75) is 26.2 Å². The molecule has 0 fully saturated rings. The molecule has 6 rings (SSSR count). The Kier molecular flexibility index (Phi) is 4.40. The number of carbonyl (C=O) groups is 1. The number of aromatic amines is 1. The van der Waals surface area contributed by atoms with Gasteiger partial charge in [0.1, 0.15) is 0 Å². The maximum atomic E-state index is 13.0. The van der Waals surface area contributed by atoms with Gasteiger partial charge in [-0.05, 0) is 79.8 Å². The van der Waals surface area contributed by atoms with E-state index < -0.39 is 0 Å². The van der Waals surface area contributed by atoms with Gasteiger partial charge in [0.05, 0.1) is 22.1 Å². The molecule has 0 unspecified atom stereocenters. The first-order valence-corrected chi connectivity index (χ1v) is 11.1. The van der Waals surface area contributed by atoms with Crippen LogP contribution in [0.15, 0.2) is 71.7 Å². The molecule has 1 amide bonds. The second kappa shape index (κ2) is 7.45. The van der Waals surface area contributed by atoms with Crippen LogP contribution in [0.5, 0.6) is 0 Å². The first kappa shape index (κ1) is 19.5. The predicted octanol–water partition coefficient (Wildman–Crippen LogP) is 4.92. The number of nitrogens with zero attached hydrogens (tertiary/aromatic N) is 2. The van der Waals surface area contributed by atoms with Crippen LogP contribution in [0.3, 0.4) is 0 Å². The Morgan fingerprint density at radius 1 is 0.970 bits per heavy atom. The molecule has 1 aliphatic carbocycles. The highest BCUT2D eigenvalue weighted by atomic mass is 16.1. The van der Waals surface area contributed by atoms with Crippen molar-refractivity contribution in [1.82, 2.24) is 14.8 Å². The first-order chi connectivity index (χ1) is 16.1. The van der Waals surface area contributed by atoms with Gasteiger partial charge in [0, 0.05) is 22.8 Å². The molecule has 162 valence electrons. The molecule has 2 heterocycles. The van der Waals surface area contributed by atoms with Gasteiger partial charge in [-0.2, -0.15) is 0 Å². The van der Waals surface area contributed by atoms with Gasteiger partial charge in [0.2, 0.25) is 0 Å². The minimum absolute atomic E-state index is 0.170. The maximum absolute atomic E-state index is 13.0. The third-order valence-electron chi connectivity index (χ3n) is 6.44. The van der Waals surface area contributed by atoms with E-state index in [0.717, 1.165) is 35.2 Å². The molecule has 0 aliphatic heterocycles. The molecule has 2 aromatic heterocycles. The molecule has 0 bridgehead atoms. The summed E-state index contributed by atoms with van der Waals surface area (Å²) < 4.78 is 1.52. The molecule has 0 spiro atoms. The highest BCUT2D eigenvalue weighted by Gasteiger charge is 2.16. The molecule has 0 atom stereocenters. The van der Waals surface area contributed by atoms with E-state index in [-0.39, 0.29) is 11.5 Å². The number of rotatable bonds is 3. The van der Waals surface area contributed by atoms with Gasteiger partial charge in [-0.25, -0.2) is 4.68 Å². The van der Waals surface area contributed by atoms with Crippen molar-refractivity contribution < 1.29 is 4.79 Å². The number of hydrogen-bond acceptors (Lipinski definition) is 3. The summed E-state index contributed by atoms with van der Waals surface area (Å²) in [7, 11) is 0. The molecule has 6 nitrogen and oxygen atoms in total. The number of hydrogen-bond donors (Lipinski definition) is 2. The molecular weight excluding hydrogens is 412 g/mol. The number of aryl methyl sites for hydroxylation is 3. The fourth-order valence-electron chi connectivity index (χ4n) is 4.63. The highest BCUT2D eigenvalue weighted by molar-refractivity contribution is 6.10. The summed E-state index contributed by atoms with van der Waals surface area (Å²) in [5.41, 5.74) is 7.08. The second-order valence-corrected chi connectivity index (χ2v) is 8.66. The Hall–Kier alpha value is -4.19. The number of amides is 1. The van der Waals surface area contributed by atoms with Crippen LogP contribution in [0.25, 0.3) is 27.5 Å². The molecule has 2 N–H and O–H groups in total. The monoisotopic (exact) mass is 434 g/mol. The zero-order valence-electron chi connectivity index (χ0n) is 18.2. The minimum Gasteiger partial charge on any atom is -0.322 e. The molecule has 0 saturated carbocycles. The van der Waals surface area contributed by atoms with E-state index in [0.29, 0.717) is 22.0 Å². The van der Waals surface area contributed by atoms with Crippen LogP contribution < -0.4 is 10.9 Å². The van der Waals surface area contributed by atoms with Crippen molar-refractivity contribution in [2.75, 3.05) is 5.32 Å². The summed E-state index contributed by atoms with van der Waals surface area (Å²) >= 11 is 0. The normalized spacial score (nSPS) is 12.9. The van der Waals surface area contributed by atoms with E-state index in [9.17, 15) is 9.59 Å². The molecular formula is C27H22N4O2. The SMILES string of the molecule is Cc1ccc(-n2[nH]c3c(cnc4ccc(C(=O)Nc5ccc6c(c5)CCC6)cc43)c2=O)cc1. The van der Waals surface area contributed by atoms with Crippen molar-refractivity contribution in [2.24, 2.45) is 0 Å². The van der Waals surface area contributed by atoms with Crippen LogP contribution in [-0.2, 0) is 12.8 Å². The zero-order valence-corrected chi connectivity index (χ0v) is 18.2. The lowest BCUT2D eigenvalue weighted by Crippen LogP contribution is -2.14. The average Bonchev–Trinajstić information content (AvgIpc) is 3.43. The Balaban J connectivity index is 1.40. The molecule has 5 aromatic rings. The lowest BCUT2D eigenvalue weighted by Gasteiger charge is -2.08. The molecule has 0 saturated heterocycles. The summed E-state index contributed by atoms with van der Waals surface area (Å²) in [4.78, 5) is 30.5. The number of nitrogens with one attached hydrogen (secondary N) is 2. The Morgan fingerprint density at radius 3 is 2.64 bits per heavy atom. The zero-order chi connectivity index (χ0) is 22.5. The van der Waals surface area contributed by atoms with E-state index in [1.165, 1.54) is 22.2 Å². The van der Waals surface area contributed by atoms with Crippen molar-refractivity contribution in [1.29, 1.82) is 0 Å². The number of carbonyl (C=O) groups excluding carboxylic acids is 1. The van der Waals surface area contributed by atoms with Gasteiger partial charge in [-0.1, -0.05) is 23.8 Å². The molecule has 33 heavy (non-hydrogen) atoms.